The Bertz CT molecular complexity index is 1450. The van der Waals surface area contributed by atoms with Gasteiger partial charge >= 0.3 is 17.9 Å². The molecule has 1 aliphatic rings. The van der Waals surface area contributed by atoms with Gasteiger partial charge in [0.05, 0.1) is 24.2 Å². The summed E-state index contributed by atoms with van der Waals surface area (Å²) in [5.74, 6) is -4.69. The normalized spacial score (nSPS) is 16.6. The number of ether oxygens (including phenoxy) is 4. The van der Waals surface area contributed by atoms with E-state index in [0.29, 0.717) is 5.56 Å². The molecule has 3 aromatic rings. The molecule has 4 rings (SSSR count). The maximum Gasteiger partial charge on any atom is 0.347 e. The highest BCUT2D eigenvalue weighted by molar-refractivity contribution is 5.97. The van der Waals surface area contributed by atoms with Crippen LogP contribution in [0.15, 0.2) is 73.1 Å². The van der Waals surface area contributed by atoms with Gasteiger partial charge < -0.3 is 34.5 Å². The summed E-state index contributed by atoms with van der Waals surface area (Å²) >= 11 is 0. The molecule has 0 bridgehead atoms. The van der Waals surface area contributed by atoms with Crippen LogP contribution in [0, 0.1) is 5.41 Å². The van der Waals surface area contributed by atoms with Crippen LogP contribution in [0.2, 0.25) is 0 Å². The van der Waals surface area contributed by atoms with Crippen molar-refractivity contribution in [3.63, 3.8) is 0 Å². The van der Waals surface area contributed by atoms with Crippen molar-refractivity contribution in [3.8, 4) is 11.5 Å². The number of rotatable bonds is 13. The van der Waals surface area contributed by atoms with Gasteiger partial charge in [-0.1, -0.05) is 38.1 Å². The highest BCUT2D eigenvalue weighted by Crippen LogP contribution is 2.47. The Morgan fingerprint density at radius 1 is 1.00 bits per heavy atom. The third-order valence-electron chi connectivity index (χ3n) is 6.42. The summed E-state index contributed by atoms with van der Waals surface area (Å²) < 4.78 is 23.0. The van der Waals surface area contributed by atoms with Crippen molar-refractivity contribution in [1.29, 1.82) is 0 Å². The smallest absolute Gasteiger partial charge is 0.347 e. The van der Waals surface area contributed by atoms with E-state index >= 15 is 0 Å². The van der Waals surface area contributed by atoms with E-state index in [1.54, 1.807) is 50.2 Å². The molecule has 2 heterocycles. The molecule has 1 aromatic heterocycles. The van der Waals surface area contributed by atoms with E-state index in [0.717, 1.165) is 0 Å². The molecule has 12 nitrogen and oxygen atoms in total. The van der Waals surface area contributed by atoms with Gasteiger partial charge in [-0.2, -0.15) is 0 Å². The van der Waals surface area contributed by atoms with Crippen LogP contribution in [0.5, 0.6) is 11.5 Å². The number of hydrogen-bond acceptors (Lipinski definition) is 10. The molecule has 0 spiro atoms. The number of carboxylic acids is 1. The maximum absolute atomic E-state index is 13.3. The number of epoxide rings is 1. The number of para-hydroxylation sites is 2. The zero-order valence-corrected chi connectivity index (χ0v) is 22.9. The molecular weight excluding hydrogens is 548 g/mol. The number of aliphatic hydroxyl groups excluding tert-OH is 1. The molecule has 0 aliphatic carbocycles. The zero-order chi connectivity index (χ0) is 30.3. The molecule has 12 heteroatoms. The van der Waals surface area contributed by atoms with E-state index in [1.807, 2.05) is 0 Å². The van der Waals surface area contributed by atoms with Crippen LogP contribution in [0.1, 0.15) is 46.5 Å². The fourth-order valence-electron chi connectivity index (χ4n) is 3.97. The van der Waals surface area contributed by atoms with Gasteiger partial charge in [-0.05, 0) is 36.4 Å². The number of nitrogens with zero attached hydrogens (tertiary/aromatic N) is 1. The summed E-state index contributed by atoms with van der Waals surface area (Å²) in [7, 11) is 0. The number of pyridine rings is 1. The lowest BCUT2D eigenvalue weighted by atomic mass is 9.86. The van der Waals surface area contributed by atoms with E-state index in [9.17, 15) is 24.3 Å². The summed E-state index contributed by atoms with van der Waals surface area (Å²) in [5.41, 5.74) is -0.605. The summed E-state index contributed by atoms with van der Waals surface area (Å²) in [6.07, 6.45) is 1.30. The predicted octanol–water partition coefficient (Wildman–Crippen LogP) is 2.70. The van der Waals surface area contributed by atoms with Gasteiger partial charge in [-0.15, -0.1) is 0 Å². The first-order valence-electron chi connectivity index (χ1n) is 13.0. The number of carbonyl (C=O) groups is 4. The minimum absolute atomic E-state index is 0.0152. The number of aromatic nitrogens is 1. The van der Waals surface area contributed by atoms with Crippen LogP contribution in [0.3, 0.4) is 0 Å². The molecule has 42 heavy (non-hydrogen) atoms. The van der Waals surface area contributed by atoms with Crippen LogP contribution < -0.4 is 14.8 Å². The maximum atomic E-state index is 13.3. The van der Waals surface area contributed by atoms with E-state index in [4.69, 9.17) is 24.1 Å². The number of benzene rings is 2. The minimum Gasteiger partial charge on any atom is -0.481 e. The van der Waals surface area contributed by atoms with E-state index < -0.39 is 47.7 Å². The molecule has 1 aliphatic heterocycles. The van der Waals surface area contributed by atoms with Crippen LogP contribution >= 0.6 is 0 Å². The molecule has 0 saturated carbocycles. The number of aliphatic hydroxyl groups is 1. The molecule has 1 saturated heterocycles. The first-order valence-corrected chi connectivity index (χ1v) is 13.0. The van der Waals surface area contributed by atoms with Crippen molar-refractivity contribution < 1.29 is 48.3 Å². The van der Waals surface area contributed by atoms with Gasteiger partial charge in [-0.25, -0.2) is 9.59 Å². The molecule has 1 fully saturated rings. The fourth-order valence-corrected chi connectivity index (χ4v) is 3.97. The lowest BCUT2D eigenvalue weighted by Crippen LogP contribution is -2.49. The van der Waals surface area contributed by atoms with E-state index in [1.165, 1.54) is 36.7 Å². The van der Waals surface area contributed by atoms with Crippen LogP contribution in [0.25, 0.3) is 0 Å². The fraction of sp³-hybridized carbons (Fsp3) is 0.300. The SMILES string of the molecule is CC(C)(CO)C(OC1(c2ccccc2OC(=O)c2ccccc2OC(=O)c2cccnc2)CO1)C(=O)NCCC(=O)O. The number of hydrogen-bond donors (Lipinski definition) is 3. The molecule has 3 N–H and O–H groups in total. The monoisotopic (exact) mass is 578 g/mol. The molecule has 220 valence electrons. The Kier molecular flexibility index (Phi) is 9.31. The topological polar surface area (TPSA) is 174 Å². The Morgan fingerprint density at radius 2 is 1.67 bits per heavy atom. The summed E-state index contributed by atoms with van der Waals surface area (Å²) in [6, 6.07) is 15.6. The standard InChI is InChI=1S/C30H30N2O10/c1-29(2,17-33)25(26(36)32-15-13-24(34)35)42-30(18-39-30)21-10-4-6-12-23(21)41-28(38)20-9-3-5-11-22(20)40-27(37)19-8-7-14-31-16-19/h3-12,14,16,25,33H,13,15,17-18H2,1-2H3,(H,32,36)(H,34,35). The highest BCUT2D eigenvalue weighted by atomic mass is 16.8. The molecular formula is C30H30N2O10. The lowest BCUT2D eigenvalue weighted by Gasteiger charge is -2.33. The largest absolute Gasteiger partial charge is 0.481 e. The van der Waals surface area contributed by atoms with Gasteiger partial charge in [0.1, 0.15) is 29.8 Å². The van der Waals surface area contributed by atoms with Gasteiger partial charge in [0.15, 0.2) is 0 Å². The molecule has 2 aromatic carbocycles. The van der Waals surface area contributed by atoms with Gasteiger partial charge in [-0.3, -0.25) is 14.6 Å². The van der Waals surface area contributed by atoms with Crippen LogP contribution in [0.4, 0.5) is 0 Å². The highest BCUT2D eigenvalue weighted by Gasteiger charge is 2.55. The Morgan fingerprint density at radius 3 is 2.31 bits per heavy atom. The van der Waals surface area contributed by atoms with Crippen molar-refractivity contribution in [2.45, 2.75) is 32.2 Å². The number of nitrogens with one attached hydrogen (secondary N) is 1. The second-order valence-electron chi connectivity index (χ2n) is 10.1. The molecule has 2 atom stereocenters. The average Bonchev–Trinajstić information content (AvgIpc) is 3.77. The first-order chi connectivity index (χ1) is 20.1. The Labute approximate surface area is 241 Å². The van der Waals surface area contributed by atoms with Crippen molar-refractivity contribution >= 4 is 23.8 Å². The lowest BCUT2D eigenvalue weighted by molar-refractivity contribution is -0.169. The number of esters is 2. The number of carbonyl (C=O) groups excluding carboxylic acids is 3. The Hall–Kier alpha value is -4.65. The number of aliphatic carboxylic acids is 1. The van der Waals surface area contributed by atoms with Crippen molar-refractivity contribution in [1.82, 2.24) is 10.3 Å². The van der Waals surface area contributed by atoms with Crippen molar-refractivity contribution in [2.24, 2.45) is 5.41 Å². The quantitative estimate of drug-likeness (QED) is 0.155. The summed E-state index contributed by atoms with van der Waals surface area (Å²) in [5, 5.41) is 21.4. The van der Waals surface area contributed by atoms with E-state index in [-0.39, 0.29) is 42.2 Å². The number of amides is 1. The predicted molar refractivity (Wildman–Crippen MR) is 146 cm³/mol. The Balaban J connectivity index is 1.56. The van der Waals surface area contributed by atoms with Crippen molar-refractivity contribution in [2.75, 3.05) is 19.8 Å². The van der Waals surface area contributed by atoms with Crippen LogP contribution in [-0.4, -0.2) is 64.9 Å². The average molecular weight is 579 g/mol. The van der Waals surface area contributed by atoms with Gasteiger partial charge in [0.25, 0.3) is 0 Å². The second-order valence-corrected chi connectivity index (χ2v) is 10.1. The summed E-state index contributed by atoms with van der Waals surface area (Å²) in [6.45, 7) is 2.68. The third-order valence-corrected chi connectivity index (χ3v) is 6.42. The molecule has 1 amide bonds. The molecule has 2 unspecified atom stereocenters. The van der Waals surface area contributed by atoms with Gasteiger partial charge in [0, 0.05) is 24.4 Å². The first kappa shape index (κ1) is 30.3. The summed E-state index contributed by atoms with van der Waals surface area (Å²) in [4.78, 5) is 53.7. The van der Waals surface area contributed by atoms with Gasteiger partial charge in [0.2, 0.25) is 11.7 Å². The van der Waals surface area contributed by atoms with Crippen molar-refractivity contribution in [3.05, 3.63) is 89.7 Å². The second kappa shape index (κ2) is 12.9. The zero-order valence-electron chi connectivity index (χ0n) is 22.9. The third kappa shape index (κ3) is 7.16. The van der Waals surface area contributed by atoms with Crippen LogP contribution in [-0.2, 0) is 24.8 Å². The van der Waals surface area contributed by atoms with E-state index in [2.05, 4.69) is 10.3 Å². The minimum atomic E-state index is -1.48. The molecule has 0 radical (unpaired) electrons. The number of carboxylic acid groups (broad SMARTS) is 1.